The summed E-state index contributed by atoms with van der Waals surface area (Å²) in [6.45, 7) is 0. The lowest BCUT2D eigenvalue weighted by molar-refractivity contribution is -0.126. The fourth-order valence-corrected chi connectivity index (χ4v) is 1.19. The molecular weight excluding hydrogens is 216 g/mol. The van der Waals surface area contributed by atoms with E-state index in [0.717, 1.165) is 6.21 Å². The van der Waals surface area contributed by atoms with E-state index >= 15 is 0 Å². The first kappa shape index (κ1) is 11.0. The molecule has 0 bridgehead atoms. The summed E-state index contributed by atoms with van der Waals surface area (Å²) < 4.78 is 5.03. The monoisotopic (exact) mass is 226 g/mol. The van der Waals surface area contributed by atoms with Gasteiger partial charge in [-0.3, -0.25) is 4.98 Å². The molecule has 4 heteroatoms. The molecule has 84 valence electrons. The molecule has 2 rings (SSSR count). The third-order valence-electron chi connectivity index (χ3n) is 1.93. The molecule has 0 fully saturated rings. The van der Waals surface area contributed by atoms with Crippen molar-refractivity contribution in [1.82, 2.24) is 4.98 Å². The van der Waals surface area contributed by atoms with Crippen LogP contribution < -0.4 is 4.74 Å². The topological polar surface area (TPSA) is 51.5 Å². The van der Waals surface area contributed by atoms with Gasteiger partial charge in [-0.05, 0) is 24.3 Å². The highest BCUT2D eigenvalue weighted by Crippen LogP contribution is 2.09. The summed E-state index contributed by atoms with van der Waals surface area (Å²) >= 11 is 0. The molecule has 0 spiro atoms. The summed E-state index contributed by atoms with van der Waals surface area (Å²) in [5.41, 5.74) is 0.609. The van der Waals surface area contributed by atoms with Crippen molar-refractivity contribution in [3.8, 4) is 5.75 Å². The highest BCUT2D eigenvalue weighted by Gasteiger charge is 1.99. The van der Waals surface area contributed by atoms with Crippen LogP contribution in [0.5, 0.6) is 5.75 Å². The number of carbonyl (C=O) groups is 1. The minimum absolute atomic E-state index is 0.495. The highest BCUT2D eigenvalue weighted by atomic mass is 16.5. The Balaban J connectivity index is 1.96. The molecule has 0 unspecified atom stereocenters. The summed E-state index contributed by atoms with van der Waals surface area (Å²) in [6.07, 6.45) is 4.33. The summed E-state index contributed by atoms with van der Waals surface area (Å²) in [7, 11) is 0. The number of aliphatic imine (C=N–C) groups is 1. The molecule has 0 aliphatic carbocycles. The van der Waals surface area contributed by atoms with Gasteiger partial charge in [-0.1, -0.05) is 18.2 Å². The molecule has 0 saturated heterocycles. The SMILES string of the molecule is O=C(C=Nc1cccnc1)Oc1ccccc1. The summed E-state index contributed by atoms with van der Waals surface area (Å²) in [4.78, 5) is 19.2. The van der Waals surface area contributed by atoms with E-state index in [4.69, 9.17) is 4.74 Å². The van der Waals surface area contributed by atoms with E-state index in [1.54, 1.807) is 48.8 Å². The maximum Gasteiger partial charge on any atom is 0.354 e. The van der Waals surface area contributed by atoms with Crippen molar-refractivity contribution in [2.75, 3.05) is 0 Å². The minimum Gasteiger partial charge on any atom is -0.422 e. The van der Waals surface area contributed by atoms with Crippen LogP contribution >= 0.6 is 0 Å². The molecule has 4 nitrogen and oxygen atoms in total. The van der Waals surface area contributed by atoms with Crippen LogP contribution in [-0.4, -0.2) is 17.2 Å². The molecule has 2 aromatic rings. The summed E-state index contributed by atoms with van der Waals surface area (Å²) in [5, 5.41) is 0. The molecule has 17 heavy (non-hydrogen) atoms. The van der Waals surface area contributed by atoms with Crippen LogP contribution in [0.2, 0.25) is 0 Å². The average molecular weight is 226 g/mol. The van der Waals surface area contributed by atoms with Gasteiger partial charge in [0.05, 0.1) is 11.9 Å². The molecule has 1 aromatic heterocycles. The van der Waals surface area contributed by atoms with E-state index in [-0.39, 0.29) is 0 Å². The number of pyridine rings is 1. The van der Waals surface area contributed by atoms with Crippen LogP contribution in [0.1, 0.15) is 0 Å². The standard InChI is InChI=1S/C13H10N2O2/c16-13(17-12-6-2-1-3-7-12)10-15-11-5-4-8-14-9-11/h1-10H. The Kier molecular flexibility index (Phi) is 3.60. The smallest absolute Gasteiger partial charge is 0.354 e. The molecule has 0 aliphatic rings. The molecule has 1 aromatic carbocycles. The van der Waals surface area contributed by atoms with Gasteiger partial charge in [-0.2, -0.15) is 0 Å². The van der Waals surface area contributed by atoms with Gasteiger partial charge in [0.25, 0.3) is 0 Å². The Morgan fingerprint density at radius 1 is 1.18 bits per heavy atom. The zero-order chi connectivity index (χ0) is 11.9. The number of esters is 1. The zero-order valence-corrected chi connectivity index (χ0v) is 8.98. The second-order valence-corrected chi connectivity index (χ2v) is 3.20. The molecule has 0 N–H and O–H groups in total. The van der Waals surface area contributed by atoms with Gasteiger partial charge in [-0.15, -0.1) is 0 Å². The number of ether oxygens (including phenoxy) is 1. The average Bonchev–Trinajstić information content (AvgIpc) is 2.39. The maximum atomic E-state index is 11.4. The lowest BCUT2D eigenvalue weighted by Gasteiger charge is -1.98. The predicted molar refractivity (Wildman–Crippen MR) is 64.5 cm³/mol. The van der Waals surface area contributed by atoms with Crippen molar-refractivity contribution in [2.24, 2.45) is 4.99 Å². The van der Waals surface area contributed by atoms with E-state index in [1.807, 2.05) is 6.07 Å². The number of nitrogens with zero attached hydrogens (tertiary/aromatic N) is 2. The van der Waals surface area contributed by atoms with Crippen molar-refractivity contribution < 1.29 is 9.53 Å². The lowest BCUT2D eigenvalue weighted by Crippen LogP contribution is -2.08. The molecule has 0 amide bonds. The minimum atomic E-state index is -0.514. The Labute approximate surface area is 98.6 Å². The van der Waals surface area contributed by atoms with Gasteiger partial charge >= 0.3 is 5.97 Å². The number of aromatic nitrogens is 1. The number of rotatable bonds is 3. The lowest BCUT2D eigenvalue weighted by atomic mass is 10.3. The molecule has 0 aliphatic heterocycles. The number of hydrogen-bond donors (Lipinski definition) is 0. The second kappa shape index (κ2) is 5.55. The number of carbonyl (C=O) groups excluding carboxylic acids is 1. The number of hydrogen-bond acceptors (Lipinski definition) is 4. The van der Waals surface area contributed by atoms with E-state index < -0.39 is 5.97 Å². The first-order valence-corrected chi connectivity index (χ1v) is 5.05. The van der Waals surface area contributed by atoms with Crippen molar-refractivity contribution >= 4 is 17.9 Å². The van der Waals surface area contributed by atoms with Crippen LogP contribution in [0.4, 0.5) is 5.69 Å². The largest absolute Gasteiger partial charge is 0.422 e. The Morgan fingerprint density at radius 2 is 2.00 bits per heavy atom. The van der Waals surface area contributed by atoms with Gasteiger partial charge in [0.1, 0.15) is 12.0 Å². The van der Waals surface area contributed by atoms with Crippen molar-refractivity contribution in [3.63, 3.8) is 0 Å². The third kappa shape index (κ3) is 3.53. The Hall–Kier alpha value is -2.49. The second-order valence-electron chi connectivity index (χ2n) is 3.20. The number of benzene rings is 1. The van der Waals surface area contributed by atoms with Crippen molar-refractivity contribution in [2.45, 2.75) is 0 Å². The number of para-hydroxylation sites is 1. The van der Waals surface area contributed by atoms with Crippen molar-refractivity contribution in [3.05, 3.63) is 54.9 Å². The third-order valence-corrected chi connectivity index (χ3v) is 1.93. The van der Waals surface area contributed by atoms with Crippen LogP contribution in [-0.2, 0) is 4.79 Å². The van der Waals surface area contributed by atoms with E-state index in [1.165, 1.54) is 0 Å². The quantitative estimate of drug-likeness (QED) is 0.458. The fraction of sp³-hybridized carbons (Fsp3) is 0. The maximum absolute atomic E-state index is 11.4. The van der Waals surface area contributed by atoms with Gasteiger partial charge in [0.15, 0.2) is 0 Å². The predicted octanol–water partition coefficient (Wildman–Crippen LogP) is 2.39. The fourth-order valence-electron chi connectivity index (χ4n) is 1.19. The van der Waals surface area contributed by atoms with Gasteiger partial charge in [0.2, 0.25) is 0 Å². The highest BCUT2D eigenvalue weighted by molar-refractivity contribution is 6.24. The van der Waals surface area contributed by atoms with Crippen LogP contribution in [0, 0.1) is 0 Å². The molecule has 0 radical (unpaired) electrons. The molecule has 0 atom stereocenters. The summed E-state index contributed by atoms with van der Waals surface area (Å²) in [6, 6.07) is 12.3. The first-order valence-electron chi connectivity index (χ1n) is 5.05. The van der Waals surface area contributed by atoms with E-state index in [2.05, 4.69) is 9.98 Å². The normalized spacial score (nSPS) is 10.4. The van der Waals surface area contributed by atoms with E-state index in [0.29, 0.717) is 11.4 Å². The van der Waals surface area contributed by atoms with Crippen molar-refractivity contribution in [1.29, 1.82) is 0 Å². The molecule has 1 heterocycles. The van der Waals surface area contributed by atoms with Crippen LogP contribution in [0.15, 0.2) is 59.9 Å². The van der Waals surface area contributed by atoms with Crippen LogP contribution in [0.3, 0.4) is 0 Å². The Morgan fingerprint density at radius 3 is 2.71 bits per heavy atom. The van der Waals surface area contributed by atoms with Gasteiger partial charge in [-0.25, -0.2) is 9.79 Å². The summed E-state index contributed by atoms with van der Waals surface area (Å²) in [5.74, 6) is -0.0183. The molecular formula is C13H10N2O2. The van der Waals surface area contributed by atoms with E-state index in [9.17, 15) is 4.79 Å². The van der Waals surface area contributed by atoms with Gasteiger partial charge < -0.3 is 4.74 Å². The molecule has 0 saturated carbocycles. The first-order chi connectivity index (χ1) is 8.34. The van der Waals surface area contributed by atoms with Gasteiger partial charge in [0, 0.05) is 6.20 Å². The zero-order valence-electron chi connectivity index (χ0n) is 8.98. The van der Waals surface area contributed by atoms with Crippen LogP contribution in [0.25, 0.3) is 0 Å². The Bertz CT molecular complexity index is 509.